The van der Waals surface area contributed by atoms with Crippen LogP contribution in [-0.4, -0.2) is 5.91 Å². The maximum Gasteiger partial charge on any atom is 0.287 e. The molecule has 1 saturated carbocycles. The minimum atomic E-state index is -0.817. The minimum Gasteiger partial charge on any atom is -0.459 e. The fourth-order valence-electron chi connectivity index (χ4n) is 2.33. The van der Waals surface area contributed by atoms with Crippen LogP contribution in [0.25, 0.3) is 0 Å². The third-order valence-electron chi connectivity index (χ3n) is 3.62. The summed E-state index contributed by atoms with van der Waals surface area (Å²) in [5, 5.41) is 2.76. The van der Waals surface area contributed by atoms with Crippen molar-refractivity contribution < 1.29 is 18.0 Å². The summed E-state index contributed by atoms with van der Waals surface area (Å²) >= 11 is 0. The number of hydrogen-bond donors (Lipinski definition) is 1. The minimum absolute atomic E-state index is 0.190. The van der Waals surface area contributed by atoms with Crippen molar-refractivity contribution in [2.45, 2.75) is 25.3 Å². The molecule has 1 amide bonds. The summed E-state index contributed by atoms with van der Waals surface area (Å²) in [6.07, 6.45) is 2.59. The first-order chi connectivity index (χ1) is 9.52. The predicted octanol–water partition coefficient (Wildman–Crippen LogP) is 3.29. The molecule has 20 heavy (non-hydrogen) atoms. The molecule has 0 spiro atoms. The molecule has 1 N–H and O–H groups in total. The van der Waals surface area contributed by atoms with Gasteiger partial charge in [0, 0.05) is 11.1 Å². The number of hydrogen-bond acceptors (Lipinski definition) is 2. The van der Waals surface area contributed by atoms with Gasteiger partial charge in [-0.2, -0.15) is 0 Å². The first-order valence-electron chi connectivity index (χ1n) is 6.34. The zero-order chi connectivity index (χ0) is 14.3. The van der Waals surface area contributed by atoms with E-state index in [-0.39, 0.29) is 11.3 Å². The quantitative estimate of drug-likeness (QED) is 0.935. The molecule has 0 saturated heterocycles. The molecule has 1 aromatic carbocycles. The van der Waals surface area contributed by atoms with Crippen LogP contribution in [0.5, 0.6) is 0 Å². The van der Waals surface area contributed by atoms with Crippen molar-refractivity contribution in [2.75, 3.05) is 0 Å². The van der Waals surface area contributed by atoms with Crippen LogP contribution in [0.4, 0.5) is 8.78 Å². The Balaban J connectivity index is 1.89. The first-order valence-corrected chi connectivity index (χ1v) is 6.34. The molecule has 5 heteroatoms. The van der Waals surface area contributed by atoms with Crippen molar-refractivity contribution in [3.63, 3.8) is 0 Å². The molecule has 1 aliphatic rings. The van der Waals surface area contributed by atoms with Crippen molar-refractivity contribution in [1.29, 1.82) is 0 Å². The largest absolute Gasteiger partial charge is 0.459 e. The number of halogens is 2. The molecular weight excluding hydrogens is 264 g/mol. The Hall–Kier alpha value is -2.17. The van der Waals surface area contributed by atoms with Crippen LogP contribution in [0.1, 0.15) is 34.5 Å². The highest BCUT2D eigenvalue weighted by atomic mass is 19.1. The number of benzene rings is 1. The summed E-state index contributed by atoms with van der Waals surface area (Å²) in [6.45, 7) is 1.75. The van der Waals surface area contributed by atoms with E-state index in [1.54, 1.807) is 13.0 Å². The highest BCUT2D eigenvalue weighted by Gasteiger charge is 2.48. The van der Waals surface area contributed by atoms with Gasteiger partial charge in [-0.15, -0.1) is 0 Å². The monoisotopic (exact) mass is 277 g/mol. The lowest BCUT2D eigenvalue weighted by atomic mass is 10.0. The summed E-state index contributed by atoms with van der Waals surface area (Å²) in [5.74, 6) is -1.24. The van der Waals surface area contributed by atoms with E-state index in [0.717, 1.165) is 18.2 Å². The van der Waals surface area contributed by atoms with Gasteiger partial charge in [0.1, 0.15) is 11.6 Å². The average molecular weight is 277 g/mol. The van der Waals surface area contributed by atoms with Gasteiger partial charge in [-0.05, 0) is 44.0 Å². The fraction of sp³-hybridized carbons (Fsp3) is 0.267. The maximum atomic E-state index is 13.8. The lowest BCUT2D eigenvalue weighted by Gasteiger charge is -2.18. The van der Waals surface area contributed by atoms with Crippen LogP contribution in [-0.2, 0) is 5.54 Å². The Morgan fingerprint density at radius 2 is 2.05 bits per heavy atom. The molecule has 2 aromatic rings. The van der Waals surface area contributed by atoms with E-state index in [4.69, 9.17) is 4.42 Å². The van der Waals surface area contributed by atoms with Crippen LogP contribution < -0.4 is 5.32 Å². The number of carbonyl (C=O) groups excluding carboxylic acids is 1. The molecule has 0 atom stereocenters. The Bertz CT molecular complexity index is 674. The van der Waals surface area contributed by atoms with Gasteiger partial charge in [0.05, 0.1) is 11.8 Å². The van der Waals surface area contributed by atoms with Gasteiger partial charge >= 0.3 is 0 Å². The summed E-state index contributed by atoms with van der Waals surface area (Å²) in [6, 6.07) is 4.96. The molecule has 3 nitrogen and oxygen atoms in total. The van der Waals surface area contributed by atoms with Crippen molar-refractivity contribution in [1.82, 2.24) is 5.32 Å². The summed E-state index contributed by atoms with van der Waals surface area (Å²) < 4.78 is 32.2. The van der Waals surface area contributed by atoms with E-state index in [0.29, 0.717) is 18.4 Å². The van der Waals surface area contributed by atoms with Gasteiger partial charge in [0.2, 0.25) is 0 Å². The molecule has 1 aliphatic carbocycles. The number of furan rings is 1. The lowest BCUT2D eigenvalue weighted by molar-refractivity contribution is 0.0901. The third kappa shape index (κ3) is 2.09. The highest BCUT2D eigenvalue weighted by Crippen LogP contribution is 2.46. The number of carbonyl (C=O) groups is 1. The van der Waals surface area contributed by atoms with Gasteiger partial charge in [0.25, 0.3) is 5.91 Å². The van der Waals surface area contributed by atoms with Crippen LogP contribution in [0.3, 0.4) is 0 Å². The lowest BCUT2D eigenvalue weighted by Crippen LogP contribution is -2.35. The molecule has 1 fully saturated rings. The molecule has 104 valence electrons. The normalized spacial score (nSPS) is 15.9. The van der Waals surface area contributed by atoms with Crippen molar-refractivity contribution in [2.24, 2.45) is 0 Å². The first kappa shape index (κ1) is 12.8. The number of aryl methyl sites for hydroxylation is 1. The van der Waals surface area contributed by atoms with Crippen LogP contribution in [0, 0.1) is 18.6 Å². The molecule has 0 unspecified atom stereocenters. The van der Waals surface area contributed by atoms with Crippen LogP contribution >= 0.6 is 0 Å². The van der Waals surface area contributed by atoms with E-state index >= 15 is 0 Å². The highest BCUT2D eigenvalue weighted by molar-refractivity contribution is 5.93. The van der Waals surface area contributed by atoms with Gasteiger partial charge in [-0.1, -0.05) is 0 Å². The average Bonchev–Trinajstić information content (AvgIpc) is 3.05. The van der Waals surface area contributed by atoms with Crippen molar-refractivity contribution in [3.05, 3.63) is 59.1 Å². The summed E-state index contributed by atoms with van der Waals surface area (Å²) in [7, 11) is 0. The molecule has 3 rings (SSSR count). The van der Waals surface area contributed by atoms with Gasteiger partial charge in [0.15, 0.2) is 5.76 Å². The maximum absolute atomic E-state index is 13.8. The van der Waals surface area contributed by atoms with Gasteiger partial charge in [-0.25, -0.2) is 8.78 Å². The molecule has 0 radical (unpaired) electrons. The molecule has 1 aromatic heterocycles. The van der Waals surface area contributed by atoms with E-state index in [2.05, 4.69) is 5.32 Å². The van der Waals surface area contributed by atoms with E-state index in [1.807, 2.05) is 0 Å². The van der Waals surface area contributed by atoms with Gasteiger partial charge < -0.3 is 9.73 Å². The predicted molar refractivity (Wildman–Crippen MR) is 68.2 cm³/mol. The molecular formula is C15H13F2NO2. The fourth-order valence-corrected chi connectivity index (χ4v) is 2.33. The summed E-state index contributed by atoms with van der Waals surface area (Å²) in [4.78, 5) is 12.1. The van der Waals surface area contributed by atoms with E-state index < -0.39 is 23.1 Å². The van der Waals surface area contributed by atoms with Crippen LogP contribution in [0.2, 0.25) is 0 Å². The zero-order valence-electron chi connectivity index (χ0n) is 10.9. The molecule has 0 bridgehead atoms. The smallest absolute Gasteiger partial charge is 0.287 e. The van der Waals surface area contributed by atoms with Crippen LogP contribution in [0.15, 0.2) is 34.9 Å². The Kier molecular flexibility index (Phi) is 2.85. The standard InChI is InChI=1S/C15H13F2NO2/c1-9-4-7-20-13(9)14(19)18-15(5-6-15)11-8-10(16)2-3-12(11)17/h2-4,7-8H,5-6H2,1H3,(H,18,19). The number of rotatable bonds is 3. The van der Waals surface area contributed by atoms with Crippen molar-refractivity contribution >= 4 is 5.91 Å². The van der Waals surface area contributed by atoms with E-state index in [9.17, 15) is 13.6 Å². The second-order valence-corrected chi connectivity index (χ2v) is 5.09. The second kappa shape index (κ2) is 4.44. The van der Waals surface area contributed by atoms with E-state index in [1.165, 1.54) is 6.26 Å². The Morgan fingerprint density at radius 3 is 2.65 bits per heavy atom. The SMILES string of the molecule is Cc1ccoc1C(=O)NC1(c2cc(F)ccc2F)CC1. The number of nitrogens with one attached hydrogen (secondary N) is 1. The molecule has 1 heterocycles. The zero-order valence-corrected chi connectivity index (χ0v) is 10.9. The van der Waals surface area contributed by atoms with Crippen molar-refractivity contribution in [3.8, 4) is 0 Å². The third-order valence-corrected chi connectivity index (χ3v) is 3.62. The molecule has 0 aliphatic heterocycles. The Labute approximate surface area is 114 Å². The topological polar surface area (TPSA) is 42.2 Å². The second-order valence-electron chi connectivity index (χ2n) is 5.09. The number of amides is 1. The van der Waals surface area contributed by atoms with Gasteiger partial charge in [-0.3, -0.25) is 4.79 Å². The summed E-state index contributed by atoms with van der Waals surface area (Å²) in [5.41, 5.74) is 0.0794. The Morgan fingerprint density at radius 1 is 1.30 bits per heavy atom.